The molecule has 0 aliphatic carbocycles. The third kappa shape index (κ3) is 2.85. The number of aromatic nitrogens is 1. The third-order valence-corrected chi connectivity index (χ3v) is 2.41. The van der Waals surface area contributed by atoms with Crippen molar-refractivity contribution in [1.29, 1.82) is 0 Å². The highest BCUT2D eigenvalue weighted by molar-refractivity contribution is 5.59. The Balaban J connectivity index is 2.15. The zero-order valence-electron chi connectivity index (χ0n) is 9.85. The van der Waals surface area contributed by atoms with Gasteiger partial charge >= 0.3 is 0 Å². The molecule has 0 radical (unpaired) electrons. The number of nitrogens with two attached hydrogens (primary N) is 1. The Morgan fingerprint density at radius 3 is 2.71 bits per heavy atom. The van der Waals surface area contributed by atoms with Crippen LogP contribution < -0.4 is 10.5 Å². The summed E-state index contributed by atoms with van der Waals surface area (Å²) in [4.78, 5) is 0. The summed E-state index contributed by atoms with van der Waals surface area (Å²) in [5.74, 6) is 1.68. The van der Waals surface area contributed by atoms with Crippen LogP contribution in [0.2, 0.25) is 0 Å². The van der Waals surface area contributed by atoms with E-state index in [1.54, 1.807) is 0 Å². The highest BCUT2D eigenvalue weighted by atomic mass is 16.5. The number of rotatable bonds is 5. The Bertz CT molecular complexity index is 463. The molecule has 1 heterocycles. The van der Waals surface area contributed by atoms with Gasteiger partial charge in [0.15, 0.2) is 0 Å². The largest absolute Gasteiger partial charge is 0.494 e. The summed E-state index contributed by atoms with van der Waals surface area (Å²) in [7, 11) is 0. The van der Waals surface area contributed by atoms with Gasteiger partial charge in [0.1, 0.15) is 17.2 Å². The SMILES string of the molecule is CCOc1ccc(-c2cc(CCN)on2)cc1. The summed E-state index contributed by atoms with van der Waals surface area (Å²) >= 11 is 0. The highest BCUT2D eigenvalue weighted by Crippen LogP contribution is 2.22. The number of hydrogen-bond acceptors (Lipinski definition) is 4. The van der Waals surface area contributed by atoms with Gasteiger partial charge < -0.3 is 15.0 Å². The summed E-state index contributed by atoms with van der Waals surface area (Å²) in [5, 5.41) is 4.01. The monoisotopic (exact) mass is 232 g/mol. The minimum atomic E-state index is 0.567. The Labute approximate surface area is 100 Å². The molecular formula is C13H16N2O2. The van der Waals surface area contributed by atoms with Crippen molar-refractivity contribution in [3.8, 4) is 17.0 Å². The van der Waals surface area contributed by atoms with E-state index in [2.05, 4.69) is 5.16 Å². The molecule has 4 heteroatoms. The van der Waals surface area contributed by atoms with Gasteiger partial charge in [-0.1, -0.05) is 5.16 Å². The normalized spacial score (nSPS) is 10.5. The first kappa shape index (κ1) is 11.7. The van der Waals surface area contributed by atoms with Crippen LogP contribution in [0, 0.1) is 0 Å². The van der Waals surface area contributed by atoms with Crippen LogP contribution in [0.3, 0.4) is 0 Å². The summed E-state index contributed by atoms with van der Waals surface area (Å²) in [6.07, 6.45) is 0.712. The van der Waals surface area contributed by atoms with E-state index in [9.17, 15) is 0 Å². The molecule has 0 atom stereocenters. The maximum Gasteiger partial charge on any atom is 0.138 e. The van der Waals surface area contributed by atoms with Crippen molar-refractivity contribution >= 4 is 0 Å². The lowest BCUT2D eigenvalue weighted by Crippen LogP contribution is -2.01. The molecule has 0 fully saturated rings. The molecule has 90 valence electrons. The van der Waals surface area contributed by atoms with Crippen molar-refractivity contribution in [1.82, 2.24) is 5.16 Å². The average molecular weight is 232 g/mol. The van der Waals surface area contributed by atoms with Crippen molar-refractivity contribution in [2.45, 2.75) is 13.3 Å². The zero-order valence-corrected chi connectivity index (χ0v) is 9.85. The van der Waals surface area contributed by atoms with Gasteiger partial charge in [-0.2, -0.15) is 0 Å². The number of ether oxygens (including phenoxy) is 1. The van der Waals surface area contributed by atoms with Crippen LogP contribution in [0.1, 0.15) is 12.7 Å². The molecular weight excluding hydrogens is 216 g/mol. The van der Waals surface area contributed by atoms with E-state index in [4.69, 9.17) is 15.0 Å². The van der Waals surface area contributed by atoms with E-state index >= 15 is 0 Å². The fourth-order valence-electron chi connectivity index (χ4n) is 1.60. The van der Waals surface area contributed by atoms with Crippen molar-refractivity contribution in [3.05, 3.63) is 36.1 Å². The predicted octanol–water partition coefficient (Wildman–Crippen LogP) is 2.24. The van der Waals surface area contributed by atoms with Crippen LogP contribution >= 0.6 is 0 Å². The molecule has 0 aliphatic heterocycles. The molecule has 17 heavy (non-hydrogen) atoms. The second-order valence-corrected chi connectivity index (χ2v) is 3.67. The first-order chi connectivity index (χ1) is 8.33. The van der Waals surface area contributed by atoms with Gasteiger partial charge in [0, 0.05) is 18.1 Å². The Hall–Kier alpha value is -1.81. The summed E-state index contributed by atoms with van der Waals surface area (Å²) < 4.78 is 10.6. The van der Waals surface area contributed by atoms with Gasteiger partial charge in [-0.25, -0.2) is 0 Å². The Morgan fingerprint density at radius 2 is 2.06 bits per heavy atom. The molecule has 2 rings (SSSR count). The van der Waals surface area contributed by atoms with E-state index in [0.29, 0.717) is 19.6 Å². The van der Waals surface area contributed by atoms with E-state index < -0.39 is 0 Å². The first-order valence-electron chi connectivity index (χ1n) is 5.72. The minimum Gasteiger partial charge on any atom is -0.494 e. The van der Waals surface area contributed by atoms with Gasteiger partial charge in [0.05, 0.1) is 6.61 Å². The topological polar surface area (TPSA) is 61.3 Å². The van der Waals surface area contributed by atoms with Crippen molar-refractivity contribution < 1.29 is 9.26 Å². The zero-order chi connectivity index (χ0) is 12.1. The van der Waals surface area contributed by atoms with Gasteiger partial charge in [-0.3, -0.25) is 0 Å². The molecule has 1 aromatic heterocycles. The lowest BCUT2D eigenvalue weighted by molar-refractivity contribution is 0.340. The molecule has 0 saturated carbocycles. The molecule has 0 bridgehead atoms. The third-order valence-electron chi connectivity index (χ3n) is 2.41. The number of benzene rings is 1. The lowest BCUT2D eigenvalue weighted by Gasteiger charge is -2.02. The van der Waals surface area contributed by atoms with Gasteiger partial charge in [0.25, 0.3) is 0 Å². The van der Waals surface area contributed by atoms with E-state index in [0.717, 1.165) is 22.8 Å². The maximum atomic E-state index is 5.46. The predicted molar refractivity (Wildman–Crippen MR) is 65.9 cm³/mol. The smallest absolute Gasteiger partial charge is 0.138 e. The van der Waals surface area contributed by atoms with Crippen LogP contribution in [-0.2, 0) is 6.42 Å². The van der Waals surface area contributed by atoms with Crippen molar-refractivity contribution in [3.63, 3.8) is 0 Å². The number of hydrogen-bond donors (Lipinski definition) is 1. The molecule has 0 spiro atoms. The van der Waals surface area contributed by atoms with Gasteiger partial charge in [-0.05, 0) is 37.7 Å². The van der Waals surface area contributed by atoms with Crippen molar-refractivity contribution in [2.75, 3.05) is 13.2 Å². The second kappa shape index (κ2) is 5.50. The summed E-state index contributed by atoms with van der Waals surface area (Å²) in [6.45, 7) is 3.20. The highest BCUT2D eigenvalue weighted by Gasteiger charge is 2.05. The van der Waals surface area contributed by atoms with E-state index in [1.165, 1.54) is 0 Å². The minimum absolute atomic E-state index is 0.567. The standard InChI is InChI=1S/C13H16N2O2/c1-2-16-11-5-3-10(4-6-11)13-9-12(7-8-14)17-15-13/h3-6,9H,2,7-8,14H2,1H3. The maximum absolute atomic E-state index is 5.46. The van der Waals surface area contributed by atoms with Crippen LogP contribution in [-0.4, -0.2) is 18.3 Å². The van der Waals surface area contributed by atoms with E-state index in [-0.39, 0.29) is 0 Å². The van der Waals surface area contributed by atoms with Gasteiger partial charge in [0.2, 0.25) is 0 Å². The van der Waals surface area contributed by atoms with Crippen LogP contribution in [0.5, 0.6) is 5.75 Å². The van der Waals surface area contributed by atoms with Crippen LogP contribution in [0.4, 0.5) is 0 Å². The molecule has 1 aromatic carbocycles. The fraction of sp³-hybridized carbons (Fsp3) is 0.308. The number of nitrogens with zero attached hydrogens (tertiary/aromatic N) is 1. The van der Waals surface area contributed by atoms with Crippen LogP contribution in [0.15, 0.2) is 34.9 Å². The Morgan fingerprint density at radius 1 is 1.29 bits per heavy atom. The molecule has 0 unspecified atom stereocenters. The molecule has 0 aliphatic rings. The molecule has 0 amide bonds. The molecule has 4 nitrogen and oxygen atoms in total. The summed E-state index contributed by atoms with van der Waals surface area (Å²) in [6, 6.07) is 9.71. The van der Waals surface area contributed by atoms with E-state index in [1.807, 2.05) is 37.3 Å². The Kier molecular flexibility index (Phi) is 3.77. The van der Waals surface area contributed by atoms with Crippen molar-refractivity contribution in [2.24, 2.45) is 5.73 Å². The average Bonchev–Trinajstić information content (AvgIpc) is 2.80. The first-order valence-corrected chi connectivity index (χ1v) is 5.72. The summed E-state index contributed by atoms with van der Waals surface area (Å²) in [5.41, 5.74) is 7.30. The van der Waals surface area contributed by atoms with Crippen LogP contribution in [0.25, 0.3) is 11.3 Å². The van der Waals surface area contributed by atoms with Gasteiger partial charge in [-0.15, -0.1) is 0 Å². The molecule has 2 aromatic rings. The lowest BCUT2D eigenvalue weighted by atomic mass is 10.1. The second-order valence-electron chi connectivity index (χ2n) is 3.67. The quantitative estimate of drug-likeness (QED) is 0.858. The molecule has 0 saturated heterocycles. The molecule has 2 N–H and O–H groups in total. The fourth-order valence-corrected chi connectivity index (χ4v) is 1.60.